The normalized spacial score (nSPS) is 53.1. The quantitative estimate of drug-likeness (QED) is 0.631. The van der Waals surface area contributed by atoms with Crippen LogP contribution in [0, 0.1) is 45.8 Å². The van der Waals surface area contributed by atoms with E-state index in [0.29, 0.717) is 5.41 Å². The average molecular weight is 393 g/mol. The van der Waals surface area contributed by atoms with Crippen LogP contribution in [0.2, 0.25) is 0 Å². The van der Waals surface area contributed by atoms with Crippen LogP contribution < -0.4 is 11.1 Å². The topological polar surface area (TPSA) is 58.3 Å². The third-order valence-corrected chi connectivity index (χ3v) is 10.9. The van der Waals surface area contributed by atoms with Crippen LogP contribution in [0.3, 0.4) is 0 Å². The van der Waals surface area contributed by atoms with E-state index in [1.54, 1.807) is 51.4 Å². The lowest BCUT2D eigenvalue weighted by Gasteiger charge is -2.57. The van der Waals surface area contributed by atoms with Crippen molar-refractivity contribution in [1.82, 2.24) is 5.32 Å². The lowest BCUT2D eigenvalue weighted by Crippen LogP contribution is -2.52. The summed E-state index contributed by atoms with van der Waals surface area (Å²) in [6, 6.07) is 0.791. The molecule has 5 rings (SSSR count). The van der Waals surface area contributed by atoms with E-state index in [-0.39, 0.29) is 0 Å². The molecule has 5 saturated carbocycles. The van der Waals surface area contributed by atoms with Gasteiger partial charge in [-0.2, -0.15) is 0 Å². The highest BCUT2D eigenvalue weighted by atomic mass is 16.2. The Kier molecular flexibility index (Phi) is 6.60. The summed E-state index contributed by atoms with van der Waals surface area (Å²) in [5.74, 6) is 5.15. The Morgan fingerprint density at radius 3 is 2.14 bits per heavy atom. The maximum absolute atomic E-state index is 7.00. The second kappa shape index (κ2) is 8.19. The molecule has 0 aromatic carbocycles. The van der Waals surface area contributed by atoms with E-state index >= 15 is 0 Å². The molecule has 0 aromatic rings. The molecule has 0 aliphatic heterocycles. The minimum atomic E-state index is 0.703. The van der Waals surface area contributed by atoms with Gasteiger partial charge in [0.1, 0.15) is 0 Å². The van der Waals surface area contributed by atoms with E-state index in [2.05, 4.69) is 38.9 Å². The summed E-state index contributed by atoms with van der Waals surface area (Å²) in [6.45, 7) is 7.74. The van der Waals surface area contributed by atoms with Gasteiger partial charge in [-0.25, -0.2) is 0 Å². The number of hydrogen-bond acceptors (Lipinski definition) is 3. The molecule has 3 heteroatoms. The third kappa shape index (κ3) is 2.78. The van der Waals surface area contributed by atoms with Crippen LogP contribution in [0.15, 0.2) is 0 Å². The van der Waals surface area contributed by atoms with Crippen molar-refractivity contribution in [2.24, 2.45) is 51.6 Å². The fourth-order valence-electron chi connectivity index (χ4n) is 9.75. The second-order valence-corrected chi connectivity index (χ2v) is 10.9. The molecule has 0 amide bonds. The predicted molar refractivity (Wildman–Crippen MR) is 119 cm³/mol. The van der Waals surface area contributed by atoms with Crippen molar-refractivity contribution >= 4 is 0 Å². The monoisotopic (exact) mass is 392 g/mol. The summed E-state index contributed by atoms with van der Waals surface area (Å²) in [5.41, 5.74) is 6.79. The molecular weight excluding hydrogens is 344 g/mol. The number of nitrogens with one attached hydrogen (secondary N) is 1. The second-order valence-electron chi connectivity index (χ2n) is 10.9. The van der Waals surface area contributed by atoms with Gasteiger partial charge in [-0.1, -0.05) is 27.2 Å². The van der Waals surface area contributed by atoms with E-state index in [9.17, 15) is 0 Å². The molecule has 5 fully saturated rings. The Balaban J connectivity index is 0.000000531. The van der Waals surface area contributed by atoms with Gasteiger partial charge in [0.15, 0.2) is 0 Å². The van der Waals surface area contributed by atoms with Crippen LogP contribution in [0.4, 0.5) is 0 Å². The lowest BCUT2D eigenvalue weighted by atomic mass is 9.48. The lowest BCUT2D eigenvalue weighted by molar-refractivity contribution is -0.0787. The van der Waals surface area contributed by atoms with Gasteiger partial charge in [0.2, 0.25) is 0 Å². The highest BCUT2D eigenvalue weighted by Crippen LogP contribution is 2.85. The molecule has 164 valence electrons. The molecule has 0 bridgehead atoms. The summed E-state index contributed by atoms with van der Waals surface area (Å²) in [4.78, 5) is 0. The van der Waals surface area contributed by atoms with Crippen molar-refractivity contribution in [1.29, 1.82) is 0 Å². The molecule has 5 aliphatic carbocycles. The first-order valence-corrected chi connectivity index (χ1v) is 12.2. The molecular formula is C25H48N2O. The Morgan fingerprint density at radius 2 is 1.50 bits per heavy atom. The van der Waals surface area contributed by atoms with Crippen LogP contribution in [-0.4, -0.2) is 32.4 Å². The highest BCUT2D eigenvalue weighted by molar-refractivity contribution is 5.27. The van der Waals surface area contributed by atoms with E-state index in [1.165, 1.54) is 19.9 Å². The third-order valence-electron chi connectivity index (χ3n) is 10.9. The zero-order valence-electron chi connectivity index (χ0n) is 19.6. The maximum Gasteiger partial charge on any atom is 0.0319 e. The molecule has 3 nitrogen and oxygen atoms in total. The molecule has 28 heavy (non-hydrogen) atoms. The Hall–Kier alpha value is -0.120. The molecule has 5 aliphatic rings. The van der Waals surface area contributed by atoms with Crippen molar-refractivity contribution < 1.29 is 5.11 Å². The smallest absolute Gasteiger partial charge is 0.0319 e. The van der Waals surface area contributed by atoms with Crippen LogP contribution in [0.5, 0.6) is 0 Å². The molecule has 9 atom stereocenters. The van der Waals surface area contributed by atoms with E-state index in [0.717, 1.165) is 53.6 Å². The van der Waals surface area contributed by atoms with Gasteiger partial charge >= 0.3 is 0 Å². The van der Waals surface area contributed by atoms with Crippen molar-refractivity contribution in [3.8, 4) is 0 Å². The number of hydrogen-bond donors (Lipinski definition) is 3. The van der Waals surface area contributed by atoms with Gasteiger partial charge < -0.3 is 16.2 Å². The van der Waals surface area contributed by atoms with E-state index in [4.69, 9.17) is 5.11 Å². The first-order valence-electron chi connectivity index (χ1n) is 12.2. The first-order chi connectivity index (χ1) is 13.5. The zero-order chi connectivity index (χ0) is 20.7. The Bertz CT molecular complexity index is 539. The van der Waals surface area contributed by atoms with Crippen molar-refractivity contribution in [2.75, 3.05) is 21.2 Å². The predicted octanol–water partition coefficient (Wildman–Crippen LogP) is 4.83. The molecule has 9 unspecified atom stereocenters. The van der Waals surface area contributed by atoms with Crippen LogP contribution in [0.1, 0.15) is 85.0 Å². The Morgan fingerprint density at radius 1 is 0.893 bits per heavy atom. The molecule has 2 spiro atoms. The fraction of sp³-hybridized carbons (Fsp3) is 1.00. The standard InChI is InChI=1S/C23H39N.CH5N.CH4O/c1-5-16-6-7-18-19-9-8-17-15(2)20(24-4)10-11-22(17)14-23(19,22)13-12-21(16,18)3;2*1-2/h15-20,24H,5-14H2,1-4H3;2H2,1H3;2H,1H3. The SMILES string of the molecule is CCC1CCC2C3CCC4C(C)C(NC)CCC45CC35CCC12C.CN.CO. The molecule has 0 aromatic heterocycles. The minimum absolute atomic E-state index is 0.703. The van der Waals surface area contributed by atoms with Crippen molar-refractivity contribution in [3.05, 3.63) is 0 Å². The van der Waals surface area contributed by atoms with Gasteiger partial charge in [0, 0.05) is 13.2 Å². The highest BCUT2D eigenvalue weighted by Gasteiger charge is 2.78. The number of aliphatic hydroxyl groups excluding tert-OH is 1. The van der Waals surface area contributed by atoms with Crippen LogP contribution >= 0.6 is 0 Å². The summed E-state index contributed by atoms with van der Waals surface area (Å²) >= 11 is 0. The Labute approximate surface area is 174 Å². The van der Waals surface area contributed by atoms with Gasteiger partial charge in [-0.3, -0.25) is 0 Å². The van der Waals surface area contributed by atoms with Gasteiger partial charge in [-0.15, -0.1) is 0 Å². The fourth-order valence-corrected chi connectivity index (χ4v) is 9.75. The summed E-state index contributed by atoms with van der Waals surface area (Å²) in [7, 11) is 4.70. The molecule has 4 N–H and O–H groups in total. The minimum Gasteiger partial charge on any atom is -0.400 e. The van der Waals surface area contributed by atoms with Crippen LogP contribution in [-0.2, 0) is 0 Å². The number of fused-ring (bicyclic) bond motifs is 2. The largest absolute Gasteiger partial charge is 0.400 e. The molecule has 0 radical (unpaired) electrons. The zero-order valence-corrected chi connectivity index (χ0v) is 19.6. The van der Waals surface area contributed by atoms with Crippen molar-refractivity contribution in [3.63, 3.8) is 0 Å². The van der Waals surface area contributed by atoms with E-state index < -0.39 is 0 Å². The van der Waals surface area contributed by atoms with E-state index in [1.807, 2.05) is 0 Å². The number of rotatable bonds is 2. The van der Waals surface area contributed by atoms with Gasteiger partial charge in [0.05, 0.1) is 0 Å². The number of aliphatic hydroxyl groups is 1. The molecule has 0 saturated heterocycles. The summed E-state index contributed by atoms with van der Waals surface area (Å²) < 4.78 is 0. The summed E-state index contributed by atoms with van der Waals surface area (Å²) in [6.07, 6.45) is 15.4. The molecule has 0 heterocycles. The van der Waals surface area contributed by atoms with Gasteiger partial charge in [-0.05, 0) is 118 Å². The van der Waals surface area contributed by atoms with Gasteiger partial charge in [0.25, 0.3) is 0 Å². The first kappa shape index (κ1) is 22.6. The number of nitrogens with two attached hydrogens (primary N) is 1. The maximum atomic E-state index is 7.00. The average Bonchev–Trinajstić information content (AvgIpc) is 3.28. The van der Waals surface area contributed by atoms with Crippen LogP contribution in [0.25, 0.3) is 0 Å². The van der Waals surface area contributed by atoms with Crippen molar-refractivity contribution in [2.45, 2.75) is 91.0 Å². The summed E-state index contributed by atoms with van der Waals surface area (Å²) in [5, 5.41) is 10.6.